The highest BCUT2D eigenvalue weighted by Crippen LogP contribution is 2.39. The van der Waals surface area contributed by atoms with E-state index in [-0.39, 0.29) is 10.5 Å². The summed E-state index contributed by atoms with van der Waals surface area (Å²) in [6.07, 6.45) is 32.7. The fourth-order valence-electron chi connectivity index (χ4n) is 6.15. The second kappa shape index (κ2) is 28.7. The van der Waals surface area contributed by atoms with E-state index in [1.165, 1.54) is 141 Å². The number of rotatable bonds is 31. The molecule has 0 aliphatic carbocycles. The summed E-state index contributed by atoms with van der Waals surface area (Å²) in [4.78, 5) is 0. The summed E-state index contributed by atoms with van der Waals surface area (Å²) in [5, 5.41) is 0.00287. The molecule has 0 spiro atoms. The average molecular weight is 671 g/mol. The number of ether oxygens (including phenoxy) is 2. The van der Waals surface area contributed by atoms with Gasteiger partial charge in [-0.15, -0.1) is 0 Å². The maximum absolute atomic E-state index is 6.02. The standard InChI is InChI=1S/C42H70O2S2/c1-3-5-7-9-11-13-15-17-19-21-23-25-35-43-39-31-27-37(28-32-39)41(45)42(46)38-29-33-40(34-30-38)44-36-26-24-22-20-18-16-14-12-10-8-6-4-2/h27-34,41-42,45-46H,3-26,35-36H2,1-2H3. The number of benzene rings is 2. The zero-order valence-electron chi connectivity index (χ0n) is 29.9. The van der Waals surface area contributed by atoms with Gasteiger partial charge in [0.15, 0.2) is 0 Å². The van der Waals surface area contributed by atoms with Crippen molar-refractivity contribution in [2.24, 2.45) is 0 Å². The zero-order valence-corrected chi connectivity index (χ0v) is 31.7. The molecule has 2 aromatic carbocycles. The fourth-order valence-corrected chi connectivity index (χ4v) is 6.84. The summed E-state index contributed by atoms with van der Waals surface area (Å²) in [5.74, 6) is 1.88. The molecular formula is C42H70O2S2. The highest BCUT2D eigenvalue weighted by atomic mass is 32.1. The Labute approximate surface area is 296 Å². The summed E-state index contributed by atoms with van der Waals surface area (Å²) < 4.78 is 12.0. The van der Waals surface area contributed by atoms with Crippen LogP contribution in [0.15, 0.2) is 48.5 Å². The van der Waals surface area contributed by atoms with Gasteiger partial charge in [-0.05, 0) is 48.2 Å². The van der Waals surface area contributed by atoms with E-state index in [4.69, 9.17) is 34.7 Å². The molecule has 0 heterocycles. The molecule has 0 saturated carbocycles. The molecule has 262 valence electrons. The molecule has 0 fully saturated rings. The number of thiol groups is 2. The van der Waals surface area contributed by atoms with Crippen LogP contribution >= 0.6 is 25.3 Å². The SMILES string of the molecule is CCCCCCCCCCCCCCOc1ccc(C(S)C(S)c2ccc(OCCCCCCCCCCCCCC)cc2)cc1. The Kier molecular flexibility index (Phi) is 25.5. The smallest absolute Gasteiger partial charge is 0.119 e. The van der Waals surface area contributed by atoms with Crippen LogP contribution in [0.2, 0.25) is 0 Å². The van der Waals surface area contributed by atoms with Gasteiger partial charge in [0, 0.05) is 10.5 Å². The summed E-state index contributed by atoms with van der Waals surface area (Å²) in [6, 6.07) is 16.8. The minimum Gasteiger partial charge on any atom is -0.494 e. The van der Waals surface area contributed by atoms with E-state index in [9.17, 15) is 0 Å². The number of unbranched alkanes of at least 4 members (excludes halogenated alkanes) is 22. The first kappa shape index (κ1) is 40.9. The van der Waals surface area contributed by atoms with Crippen LogP contribution in [0.1, 0.15) is 190 Å². The molecule has 0 aromatic heterocycles. The van der Waals surface area contributed by atoms with E-state index in [2.05, 4.69) is 62.4 Å². The van der Waals surface area contributed by atoms with Gasteiger partial charge in [-0.2, -0.15) is 25.3 Å². The van der Waals surface area contributed by atoms with Crippen molar-refractivity contribution in [3.63, 3.8) is 0 Å². The Morgan fingerprint density at radius 2 is 0.609 bits per heavy atom. The lowest BCUT2D eigenvalue weighted by Gasteiger charge is -2.20. The highest BCUT2D eigenvalue weighted by molar-refractivity contribution is 7.84. The van der Waals surface area contributed by atoms with E-state index < -0.39 is 0 Å². The molecule has 2 rings (SSSR count). The van der Waals surface area contributed by atoms with Crippen LogP contribution in [-0.2, 0) is 0 Å². The molecule has 4 heteroatoms. The summed E-state index contributed by atoms with van der Waals surface area (Å²) in [5.41, 5.74) is 2.32. The van der Waals surface area contributed by atoms with E-state index >= 15 is 0 Å². The van der Waals surface area contributed by atoms with Gasteiger partial charge in [0.1, 0.15) is 11.5 Å². The third-order valence-electron chi connectivity index (χ3n) is 9.28. The first-order chi connectivity index (χ1) is 22.7. The monoisotopic (exact) mass is 670 g/mol. The van der Waals surface area contributed by atoms with Crippen LogP contribution in [0.5, 0.6) is 11.5 Å². The van der Waals surface area contributed by atoms with E-state index in [1.54, 1.807) is 0 Å². The molecule has 2 nitrogen and oxygen atoms in total. The Bertz CT molecular complexity index is 852. The molecular weight excluding hydrogens is 601 g/mol. The van der Waals surface area contributed by atoms with Crippen LogP contribution in [0.3, 0.4) is 0 Å². The Morgan fingerprint density at radius 1 is 0.370 bits per heavy atom. The van der Waals surface area contributed by atoms with Crippen molar-refractivity contribution < 1.29 is 9.47 Å². The van der Waals surface area contributed by atoms with E-state index in [0.29, 0.717) is 0 Å². The van der Waals surface area contributed by atoms with Gasteiger partial charge >= 0.3 is 0 Å². The third-order valence-corrected chi connectivity index (χ3v) is 10.7. The van der Waals surface area contributed by atoms with Crippen molar-refractivity contribution in [3.8, 4) is 11.5 Å². The Balaban J connectivity index is 1.52. The lowest BCUT2D eigenvalue weighted by Crippen LogP contribution is -2.02. The van der Waals surface area contributed by atoms with Crippen molar-refractivity contribution in [2.45, 2.75) is 178 Å². The zero-order chi connectivity index (χ0) is 32.9. The molecule has 2 atom stereocenters. The lowest BCUT2D eigenvalue weighted by atomic mass is 10.0. The fraction of sp³-hybridized carbons (Fsp3) is 0.714. The first-order valence-electron chi connectivity index (χ1n) is 19.5. The molecule has 0 aliphatic rings. The maximum atomic E-state index is 6.02. The van der Waals surface area contributed by atoms with Gasteiger partial charge in [-0.25, -0.2) is 0 Å². The summed E-state index contributed by atoms with van der Waals surface area (Å²) in [7, 11) is 0. The molecule has 0 radical (unpaired) electrons. The van der Waals surface area contributed by atoms with Crippen molar-refractivity contribution in [2.75, 3.05) is 13.2 Å². The molecule has 46 heavy (non-hydrogen) atoms. The van der Waals surface area contributed by atoms with E-state index in [0.717, 1.165) is 48.7 Å². The van der Waals surface area contributed by atoms with Crippen molar-refractivity contribution >= 4 is 25.3 Å². The largest absolute Gasteiger partial charge is 0.494 e. The predicted octanol–water partition coefficient (Wildman–Crippen LogP) is 14.5. The van der Waals surface area contributed by atoms with Gasteiger partial charge in [-0.1, -0.05) is 179 Å². The van der Waals surface area contributed by atoms with E-state index in [1.807, 2.05) is 0 Å². The van der Waals surface area contributed by atoms with Gasteiger partial charge in [0.25, 0.3) is 0 Å². The van der Waals surface area contributed by atoms with Crippen LogP contribution in [-0.4, -0.2) is 13.2 Å². The number of hydrogen-bond acceptors (Lipinski definition) is 4. The minimum atomic E-state index is 0.00144. The molecule has 0 amide bonds. The highest BCUT2D eigenvalue weighted by Gasteiger charge is 2.18. The molecule has 2 unspecified atom stereocenters. The molecule has 0 N–H and O–H groups in total. The topological polar surface area (TPSA) is 18.5 Å². The third kappa shape index (κ3) is 20.2. The average Bonchev–Trinajstić information content (AvgIpc) is 3.09. The van der Waals surface area contributed by atoms with Crippen LogP contribution in [0.4, 0.5) is 0 Å². The van der Waals surface area contributed by atoms with Gasteiger partial charge in [-0.3, -0.25) is 0 Å². The first-order valence-corrected chi connectivity index (χ1v) is 20.5. The molecule has 0 bridgehead atoms. The molecule has 0 saturated heterocycles. The quantitative estimate of drug-likeness (QED) is 0.0614. The predicted molar refractivity (Wildman–Crippen MR) is 209 cm³/mol. The molecule has 0 aliphatic heterocycles. The number of hydrogen-bond donors (Lipinski definition) is 2. The summed E-state index contributed by atoms with van der Waals surface area (Å²) >= 11 is 9.86. The van der Waals surface area contributed by atoms with Gasteiger partial charge in [0.2, 0.25) is 0 Å². The van der Waals surface area contributed by atoms with Crippen LogP contribution in [0, 0.1) is 0 Å². The minimum absolute atomic E-state index is 0.00144. The van der Waals surface area contributed by atoms with Crippen molar-refractivity contribution in [3.05, 3.63) is 59.7 Å². The normalized spacial score (nSPS) is 12.7. The van der Waals surface area contributed by atoms with Crippen molar-refractivity contribution in [1.82, 2.24) is 0 Å². The maximum Gasteiger partial charge on any atom is 0.119 e. The van der Waals surface area contributed by atoms with Gasteiger partial charge in [0.05, 0.1) is 13.2 Å². The van der Waals surface area contributed by atoms with Crippen molar-refractivity contribution in [1.29, 1.82) is 0 Å². The second-order valence-corrected chi connectivity index (χ2v) is 14.6. The van der Waals surface area contributed by atoms with Crippen LogP contribution < -0.4 is 9.47 Å². The van der Waals surface area contributed by atoms with Crippen LogP contribution in [0.25, 0.3) is 0 Å². The van der Waals surface area contributed by atoms with Gasteiger partial charge < -0.3 is 9.47 Å². The Hall–Kier alpha value is -1.26. The molecule has 2 aromatic rings. The summed E-state index contributed by atoms with van der Waals surface area (Å²) in [6.45, 7) is 6.16. The Morgan fingerprint density at radius 3 is 0.870 bits per heavy atom. The lowest BCUT2D eigenvalue weighted by molar-refractivity contribution is 0.304. The second-order valence-electron chi connectivity index (χ2n) is 13.5.